The highest BCUT2D eigenvalue weighted by Gasteiger charge is 2.43. The van der Waals surface area contributed by atoms with E-state index in [-0.39, 0.29) is 18.4 Å². The first kappa shape index (κ1) is 18.2. The Morgan fingerprint density at radius 3 is 2.76 bits per heavy atom. The minimum atomic E-state index is -0.560. The second-order valence-electron chi connectivity index (χ2n) is 7.15. The second-order valence-corrected chi connectivity index (χ2v) is 7.94. The van der Waals surface area contributed by atoms with Crippen LogP contribution in [0.5, 0.6) is 0 Å². The first-order valence-electron chi connectivity index (χ1n) is 9.20. The van der Waals surface area contributed by atoms with Gasteiger partial charge >= 0.3 is 0 Å². The normalized spacial score (nSPS) is 19.2. The molecule has 3 heterocycles. The maximum absolute atomic E-state index is 13.1. The number of carbonyl (C=O) groups excluding carboxylic acids is 2. The summed E-state index contributed by atoms with van der Waals surface area (Å²) in [6.07, 6.45) is 1.93. The van der Waals surface area contributed by atoms with Crippen LogP contribution in [0.15, 0.2) is 47.6 Å². The van der Waals surface area contributed by atoms with E-state index < -0.39 is 6.04 Å². The predicted octanol–water partition coefficient (Wildman–Crippen LogP) is 3.60. The first-order valence-corrected chi connectivity index (χ1v) is 9.96. The summed E-state index contributed by atoms with van der Waals surface area (Å²) in [6, 6.07) is 12.6. The van der Waals surface area contributed by atoms with Crippen LogP contribution < -0.4 is 0 Å². The van der Waals surface area contributed by atoms with Crippen molar-refractivity contribution >= 4 is 52.1 Å². The number of nitrogens with one attached hydrogen (secondary N) is 1. The van der Waals surface area contributed by atoms with Crippen LogP contribution in [0.1, 0.15) is 16.8 Å². The van der Waals surface area contributed by atoms with Crippen LogP contribution in [0.2, 0.25) is 10.0 Å². The van der Waals surface area contributed by atoms with E-state index in [2.05, 4.69) is 10.1 Å². The van der Waals surface area contributed by atoms with Crippen LogP contribution >= 0.6 is 23.2 Å². The van der Waals surface area contributed by atoms with Gasteiger partial charge in [0.15, 0.2) is 0 Å². The number of hydrazone groups is 1. The van der Waals surface area contributed by atoms with E-state index in [0.717, 1.165) is 22.2 Å². The molecule has 0 saturated carbocycles. The predicted molar refractivity (Wildman–Crippen MR) is 112 cm³/mol. The van der Waals surface area contributed by atoms with Crippen LogP contribution in [-0.4, -0.2) is 45.5 Å². The van der Waals surface area contributed by atoms with Gasteiger partial charge < -0.3 is 9.88 Å². The average Bonchev–Trinajstić information content (AvgIpc) is 3.09. The van der Waals surface area contributed by atoms with E-state index in [1.807, 2.05) is 24.3 Å². The lowest BCUT2D eigenvalue weighted by atomic mass is 9.94. The summed E-state index contributed by atoms with van der Waals surface area (Å²) >= 11 is 12.2. The Morgan fingerprint density at radius 2 is 1.90 bits per heavy atom. The molecule has 8 heteroatoms. The number of aromatic amines is 1. The van der Waals surface area contributed by atoms with Crippen molar-refractivity contribution in [3.63, 3.8) is 0 Å². The molecule has 146 valence electrons. The number of hydrogen-bond acceptors (Lipinski definition) is 3. The molecule has 1 fully saturated rings. The maximum atomic E-state index is 13.1. The number of piperazine rings is 1. The van der Waals surface area contributed by atoms with Crippen molar-refractivity contribution in [1.82, 2.24) is 14.9 Å². The largest absolute Gasteiger partial charge is 0.357 e. The quantitative estimate of drug-likeness (QED) is 0.635. The molecule has 0 bridgehead atoms. The van der Waals surface area contributed by atoms with Gasteiger partial charge in [-0.3, -0.25) is 9.59 Å². The highest BCUT2D eigenvalue weighted by molar-refractivity contribution is 6.43. The van der Waals surface area contributed by atoms with Gasteiger partial charge in [-0.2, -0.15) is 5.10 Å². The Bertz CT molecular complexity index is 1190. The monoisotopic (exact) mass is 426 g/mol. The molecule has 1 N–H and O–H groups in total. The van der Waals surface area contributed by atoms with Gasteiger partial charge in [-0.15, -0.1) is 0 Å². The minimum Gasteiger partial charge on any atom is -0.357 e. The summed E-state index contributed by atoms with van der Waals surface area (Å²) < 4.78 is 0. The fraction of sp³-hybridized carbons (Fsp3) is 0.190. The molecule has 5 rings (SSSR count). The third-order valence-electron chi connectivity index (χ3n) is 5.47. The number of hydrogen-bond donors (Lipinski definition) is 1. The molecule has 1 atom stereocenters. The lowest BCUT2D eigenvalue weighted by Gasteiger charge is -2.40. The zero-order valence-corrected chi connectivity index (χ0v) is 16.7. The average molecular weight is 427 g/mol. The van der Waals surface area contributed by atoms with E-state index in [0.29, 0.717) is 28.6 Å². The third-order valence-corrected chi connectivity index (χ3v) is 6.30. The zero-order chi connectivity index (χ0) is 20.1. The highest BCUT2D eigenvalue weighted by atomic mass is 35.5. The van der Waals surface area contributed by atoms with Crippen LogP contribution in [0.25, 0.3) is 10.9 Å². The molecule has 0 radical (unpaired) electrons. The van der Waals surface area contributed by atoms with E-state index in [1.165, 1.54) is 11.2 Å². The Morgan fingerprint density at radius 1 is 1.07 bits per heavy atom. The molecular formula is C21H16Cl2N4O2. The van der Waals surface area contributed by atoms with Crippen molar-refractivity contribution in [3.05, 3.63) is 69.3 Å². The fourth-order valence-electron chi connectivity index (χ4n) is 4.01. The zero-order valence-electron chi connectivity index (χ0n) is 15.2. The first-order chi connectivity index (χ1) is 14.0. The molecule has 1 aromatic heterocycles. The van der Waals surface area contributed by atoms with Crippen molar-refractivity contribution < 1.29 is 9.59 Å². The highest BCUT2D eigenvalue weighted by Crippen LogP contribution is 2.32. The van der Waals surface area contributed by atoms with Gasteiger partial charge in [-0.25, -0.2) is 5.01 Å². The van der Waals surface area contributed by atoms with Gasteiger partial charge in [0.1, 0.15) is 12.6 Å². The lowest BCUT2D eigenvalue weighted by molar-refractivity contribution is -0.157. The molecule has 2 amide bonds. The van der Waals surface area contributed by atoms with Crippen molar-refractivity contribution in [1.29, 1.82) is 0 Å². The van der Waals surface area contributed by atoms with E-state index >= 15 is 0 Å². The number of H-pyrrole nitrogens is 1. The fourth-order valence-corrected chi connectivity index (χ4v) is 4.37. The number of nitrogens with zero attached hydrogens (tertiary/aromatic N) is 3. The van der Waals surface area contributed by atoms with Crippen molar-refractivity contribution in [2.45, 2.75) is 19.0 Å². The molecule has 6 nitrogen and oxygen atoms in total. The molecule has 0 aliphatic carbocycles. The summed E-state index contributed by atoms with van der Waals surface area (Å²) in [6.45, 7) is 0.302. The number of fused-ring (bicyclic) bond motifs is 4. The Kier molecular flexibility index (Phi) is 4.33. The van der Waals surface area contributed by atoms with E-state index in [9.17, 15) is 9.59 Å². The minimum absolute atomic E-state index is 0.0976. The smallest absolute Gasteiger partial charge is 0.266 e. The third kappa shape index (κ3) is 2.99. The number of amides is 2. The Labute approximate surface area is 176 Å². The van der Waals surface area contributed by atoms with Crippen molar-refractivity contribution in [2.75, 3.05) is 6.54 Å². The van der Waals surface area contributed by atoms with Gasteiger partial charge in [0.2, 0.25) is 5.91 Å². The Balaban J connectivity index is 1.45. The number of rotatable bonds is 2. The number of carbonyl (C=O) groups is 2. The summed E-state index contributed by atoms with van der Waals surface area (Å²) in [5.41, 5.74) is 3.69. The molecule has 2 aliphatic rings. The second kappa shape index (κ2) is 6.90. The number of para-hydroxylation sites is 1. The van der Waals surface area contributed by atoms with Crippen LogP contribution in [0, 0.1) is 0 Å². The number of halogens is 2. The molecule has 1 unspecified atom stereocenters. The molecule has 1 saturated heterocycles. The molecule has 3 aromatic rings. The standard InChI is InChI=1S/C21H16Cl2N4O2/c22-15-6-3-4-12(20(15)23)9-24-27-11-19(28)26-10-17-14(8-18(26)21(27)29)13-5-1-2-7-16(13)25-17/h1-7,9,18,25H,8,10-11H2. The van der Waals surface area contributed by atoms with E-state index in [4.69, 9.17) is 23.2 Å². The molecular weight excluding hydrogens is 411 g/mol. The van der Waals surface area contributed by atoms with Gasteiger partial charge in [0.25, 0.3) is 5.91 Å². The molecule has 0 spiro atoms. The van der Waals surface area contributed by atoms with Crippen LogP contribution in [0.4, 0.5) is 0 Å². The number of benzene rings is 2. The SMILES string of the molecule is O=C1C2Cc3c([nH]c4ccccc34)CN2C(=O)CN1N=Cc1cccc(Cl)c1Cl. The van der Waals surface area contributed by atoms with Crippen LogP contribution in [0.3, 0.4) is 0 Å². The van der Waals surface area contributed by atoms with Crippen LogP contribution in [-0.2, 0) is 22.6 Å². The molecule has 2 aliphatic heterocycles. The summed E-state index contributed by atoms with van der Waals surface area (Å²) in [5, 5.41) is 7.32. The van der Waals surface area contributed by atoms with Gasteiger partial charge in [0.05, 0.1) is 22.8 Å². The van der Waals surface area contributed by atoms with Gasteiger partial charge in [-0.1, -0.05) is 53.5 Å². The van der Waals surface area contributed by atoms with Gasteiger partial charge in [-0.05, 0) is 17.7 Å². The molecule has 2 aromatic carbocycles. The van der Waals surface area contributed by atoms with Gasteiger partial charge in [0, 0.05) is 28.6 Å². The lowest BCUT2D eigenvalue weighted by Crippen LogP contribution is -2.60. The van der Waals surface area contributed by atoms with Crippen molar-refractivity contribution in [2.24, 2.45) is 5.10 Å². The molecule has 29 heavy (non-hydrogen) atoms. The number of aromatic nitrogens is 1. The van der Waals surface area contributed by atoms with Crippen molar-refractivity contribution in [3.8, 4) is 0 Å². The summed E-state index contributed by atoms with van der Waals surface area (Å²) in [5.74, 6) is -0.330. The van der Waals surface area contributed by atoms with E-state index in [1.54, 1.807) is 23.1 Å². The Hall–Kier alpha value is -2.83. The summed E-state index contributed by atoms with van der Waals surface area (Å²) in [7, 11) is 0. The topological polar surface area (TPSA) is 68.8 Å². The maximum Gasteiger partial charge on any atom is 0.266 e. The summed E-state index contributed by atoms with van der Waals surface area (Å²) in [4.78, 5) is 30.8.